The number of benzene rings is 1. The van der Waals surface area contributed by atoms with Crippen molar-refractivity contribution in [3.63, 3.8) is 0 Å². The molecule has 2 heterocycles. The summed E-state index contributed by atoms with van der Waals surface area (Å²) in [4.78, 5) is 22.8. The number of piperidine rings is 1. The molecule has 1 saturated heterocycles. The van der Waals surface area contributed by atoms with Crippen LogP contribution in [0.3, 0.4) is 0 Å². The summed E-state index contributed by atoms with van der Waals surface area (Å²) < 4.78 is 43.3. The second-order valence-electron chi connectivity index (χ2n) is 8.65. The number of nitrogens with one attached hydrogen (secondary N) is 1. The first-order valence-corrected chi connectivity index (χ1v) is 12.0. The van der Waals surface area contributed by atoms with Crippen LogP contribution in [0, 0.1) is 0 Å². The number of rotatable bonds is 7. The van der Waals surface area contributed by atoms with Crippen LogP contribution < -0.4 is 19.1 Å². The highest BCUT2D eigenvalue weighted by Crippen LogP contribution is 2.35. The summed E-state index contributed by atoms with van der Waals surface area (Å²) in [6.45, 7) is 6.29. The molecule has 2 aromatic rings. The SMILES string of the molecule is COc1cc2ncnc(N3CCC(NS(=O)(=O)CC(=O)OC(C)(C)C)CC3)c2cc1OC. The van der Waals surface area contributed by atoms with Gasteiger partial charge in [-0.3, -0.25) is 4.79 Å². The van der Waals surface area contributed by atoms with Crippen LogP contribution in [0.1, 0.15) is 33.6 Å². The van der Waals surface area contributed by atoms with Crippen LogP contribution in [-0.4, -0.2) is 69.1 Å². The van der Waals surface area contributed by atoms with E-state index in [1.165, 1.54) is 6.33 Å². The summed E-state index contributed by atoms with van der Waals surface area (Å²) in [6, 6.07) is 3.39. The van der Waals surface area contributed by atoms with Crippen LogP contribution in [0.2, 0.25) is 0 Å². The smallest absolute Gasteiger partial charge is 0.323 e. The lowest BCUT2D eigenvalue weighted by Crippen LogP contribution is -2.46. The summed E-state index contributed by atoms with van der Waals surface area (Å²) in [5, 5.41) is 0.828. The van der Waals surface area contributed by atoms with Gasteiger partial charge in [-0.2, -0.15) is 0 Å². The highest BCUT2D eigenvalue weighted by molar-refractivity contribution is 7.90. The van der Waals surface area contributed by atoms with Crippen LogP contribution >= 0.6 is 0 Å². The average molecular weight is 467 g/mol. The summed E-state index contributed by atoms with van der Waals surface area (Å²) in [7, 11) is -0.644. The number of aromatic nitrogens is 2. The van der Waals surface area contributed by atoms with Crippen LogP contribution in [0.25, 0.3) is 10.9 Å². The monoisotopic (exact) mass is 466 g/mol. The Kier molecular flexibility index (Phi) is 7.09. The van der Waals surface area contributed by atoms with Crippen LogP contribution in [0.4, 0.5) is 5.82 Å². The van der Waals surface area contributed by atoms with E-state index in [0.717, 1.165) is 16.7 Å². The molecule has 1 aromatic heterocycles. The van der Waals surface area contributed by atoms with Crippen molar-refractivity contribution in [2.24, 2.45) is 0 Å². The molecule has 0 aliphatic carbocycles. The number of esters is 1. The molecule has 32 heavy (non-hydrogen) atoms. The van der Waals surface area contributed by atoms with Crippen molar-refractivity contribution in [2.45, 2.75) is 45.3 Å². The minimum absolute atomic E-state index is 0.263. The van der Waals surface area contributed by atoms with Crippen molar-refractivity contribution in [1.29, 1.82) is 0 Å². The predicted octanol–water partition coefficient (Wildman–Crippen LogP) is 1.88. The van der Waals surface area contributed by atoms with E-state index >= 15 is 0 Å². The fraction of sp³-hybridized carbons (Fsp3) is 0.571. The van der Waals surface area contributed by atoms with E-state index in [9.17, 15) is 13.2 Å². The maximum Gasteiger partial charge on any atom is 0.323 e. The molecule has 1 aliphatic heterocycles. The molecule has 0 bridgehead atoms. The summed E-state index contributed by atoms with van der Waals surface area (Å²) in [5.41, 5.74) is -0.00171. The molecule has 0 spiro atoms. The summed E-state index contributed by atoms with van der Waals surface area (Å²) in [6.07, 6.45) is 2.65. The third-order valence-corrected chi connectivity index (χ3v) is 6.30. The van der Waals surface area contributed by atoms with Crippen molar-refractivity contribution in [1.82, 2.24) is 14.7 Å². The molecular weight excluding hydrogens is 436 g/mol. The zero-order valence-electron chi connectivity index (χ0n) is 19.0. The lowest BCUT2D eigenvalue weighted by Gasteiger charge is -2.33. The highest BCUT2D eigenvalue weighted by Gasteiger charge is 2.28. The maximum absolute atomic E-state index is 12.4. The van der Waals surface area contributed by atoms with Crippen LogP contribution in [0.5, 0.6) is 11.5 Å². The molecule has 11 heteroatoms. The Balaban J connectivity index is 1.67. The summed E-state index contributed by atoms with van der Waals surface area (Å²) >= 11 is 0. The highest BCUT2D eigenvalue weighted by atomic mass is 32.2. The molecule has 1 aromatic carbocycles. The van der Waals surface area contributed by atoms with Gasteiger partial charge in [-0.05, 0) is 39.7 Å². The van der Waals surface area contributed by atoms with Gasteiger partial charge < -0.3 is 19.1 Å². The van der Waals surface area contributed by atoms with Crippen molar-refractivity contribution in [2.75, 3.05) is 38.0 Å². The van der Waals surface area contributed by atoms with E-state index in [0.29, 0.717) is 37.4 Å². The molecule has 10 nitrogen and oxygen atoms in total. The number of carbonyl (C=O) groups excluding carboxylic acids is 1. The second kappa shape index (κ2) is 9.45. The van der Waals surface area contributed by atoms with Gasteiger partial charge in [-0.25, -0.2) is 23.1 Å². The van der Waals surface area contributed by atoms with Gasteiger partial charge in [0, 0.05) is 30.6 Å². The number of hydrogen-bond acceptors (Lipinski definition) is 9. The third kappa shape index (κ3) is 5.98. The lowest BCUT2D eigenvalue weighted by molar-refractivity contribution is -0.151. The van der Waals surface area contributed by atoms with Gasteiger partial charge >= 0.3 is 5.97 Å². The fourth-order valence-electron chi connectivity index (χ4n) is 3.65. The molecule has 176 valence electrons. The van der Waals surface area contributed by atoms with E-state index in [1.807, 2.05) is 6.07 Å². The molecular formula is C21H30N4O6S. The second-order valence-corrected chi connectivity index (χ2v) is 10.4. The Labute approximate surface area is 188 Å². The van der Waals surface area contributed by atoms with Gasteiger partial charge in [-0.1, -0.05) is 0 Å². The van der Waals surface area contributed by atoms with Crippen molar-refractivity contribution < 1.29 is 27.4 Å². The van der Waals surface area contributed by atoms with Gasteiger partial charge in [0.1, 0.15) is 17.7 Å². The van der Waals surface area contributed by atoms with Crippen molar-refractivity contribution in [3.05, 3.63) is 18.5 Å². The number of ether oxygens (including phenoxy) is 3. The normalized spacial score (nSPS) is 15.6. The summed E-state index contributed by atoms with van der Waals surface area (Å²) in [5.74, 6) is 0.469. The minimum Gasteiger partial charge on any atom is -0.493 e. The van der Waals surface area contributed by atoms with Crippen LogP contribution in [-0.2, 0) is 19.6 Å². The first-order valence-electron chi connectivity index (χ1n) is 10.3. The zero-order valence-corrected chi connectivity index (χ0v) is 19.9. The molecule has 1 aliphatic rings. The Morgan fingerprint density at radius 2 is 1.75 bits per heavy atom. The van der Waals surface area contributed by atoms with E-state index in [-0.39, 0.29) is 6.04 Å². The van der Waals surface area contributed by atoms with E-state index in [4.69, 9.17) is 14.2 Å². The van der Waals surface area contributed by atoms with Crippen LogP contribution in [0.15, 0.2) is 18.5 Å². The van der Waals surface area contributed by atoms with Crippen molar-refractivity contribution >= 4 is 32.7 Å². The van der Waals surface area contributed by atoms with Crippen molar-refractivity contribution in [3.8, 4) is 11.5 Å². The number of methoxy groups -OCH3 is 2. The van der Waals surface area contributed by atoms with E-state index in [2.05, 4.69) is 19.6 Å². The number of sulfonamides is 1. The molecule has 0 atom stereocenters. The zero-order chi connectivity index (χ0) is 23.5. The molecule has 1 fully saturated rings. The Hall–Kier alpha value is -2.66. The lowest BCUT2D eigenvalue weighted by atomic mass is 10.1. The van der Waals surface area contributed by atoms with Gasteiger partial charge in [0.25, 0.3) is 0 Å². The quantitative estimate of drug-likeness (QED) is 0.610. The largest absolute Gasteiger partial charge is 0.493 e. The average Bonchev–Trinajstić information content (AvgIpc) is 2.70. The first kappa shape index (κ1) is 24.0. The topological polar surface area (TPSA) is 120 Å². The van der Waals surface area contributed by atoms with E-state index < -0.39 is 27.3 Å². The third-order valence-electron chi connectivity index (χ3n) is 4.99. The van der Waals surface area contributed by atoms with Gasteiger partial charge in [0.15, 0.2) is 17.3 Å². The van der Waals surface area contributed by atoms with Gasteiger partial charge in [-0.15, -0.1) is 0 Å². The molecule has 0 radical (unpaired) electrons. The number of anilines is 1. The minimum atomic E-state index is -3.79. The number of nitrogens with zero attached hydrogens (tertiary/aromatic N) is 3. The van der Waals surface area contributed by atoms with E-state index in [1.54, 1.807) is 41.1 Å². The molecule has 0 amide bonds. The Morgan fingerprint density at radius 1 is 1.12 bits per heavy atom. The van der Waals surface area contributed by atoms with Gasteiger partial charge in [0.05, 0.1) is 19.7 Å². The molecule has 0 saturated carbocycles. The fourth-order valence-corrected chi connectivity index (χ4v) is 4.85. The predicted molar refractivity (Wildman–Crippen MR) is 121 cm³/mol. The maximum atomic E-state index is 12.4. The number of fused-ring (bicyclic) bond motifs is 1. The Morgan fingerprint density at radius 3 is 2.34 bits per heavy atom. The van der Waals surface area contributed by atoms with Gasteiger partial charge in [0.2, 0.25) is 10.0 Å². The first-order chi connectivity index (χ1) is 15.0. The molecule has 3 rings (SSSR count). The standard InChI is InChI=1S/C21H30N4O6S/c1-21(2,3)31-19(26)12-32(27,28)24-14-6-8-25(9-7-14)20-15-10-17(29-4)18(30-5)11-16(15)22-13-23-20/h10-11,13-14,24H,6-9,12H2,1-5H3. The number of carbonyl (C=O) groups is 1. The number of hydrogen-bond donors (Lipinski definition) is 1. The Bertz CT molecular complexity index is 1080. The molecule has 0 unspecified atom stereocenters. The molecule has 1 N–H and O–H groups in total.